The number of aryl methyl sites for hydroxylation is 1. The van der Waals surface area contributed by atoms with Crippen LogP contribution in [0.25, 0.3) is 0 Å². The number of hydrogen-bond donors (Lipinski definition) is 1. The highest BCUT2D eigenvalue weighted by atomic mass is 16.2. The van der Waals surface area contributed by atoms with Gasteiger partial charge in [0.2, 0.25) is 5.91 Å². The molecule has 2 atom stereocenters. The van der Waals surface area contributed by atoms with Crippen molar-refractivity contribution in [1.82, 2.24) is 4.90 Å². The molecule has 4 nitrogen and oxygen atoms in total. The number of nitrogens with zero attached hydrogens (tertiary/aromatic N) is 1. The Kier molecular flexibility index (Phi) is 4.69. The van der Waals surface area contributed by atoms with Crippen molar-refractivity contribution in [1.29, 1.82) is 0 Å². The number of piperidine rings is 1. The number of carbonyl (C=O) groups is 2. The maximum absolute atomic E-state index is 13.1. The third-order valence-electron chi connectivity index (χ3n) is 5.21. The number of likely N-dealkylation sites (tertiary alicyclic amines) is 1. The van der Waals surface area contributed by atoms with E-state index in [9.17, 15) is 9.59 Å². The smallest absolute Gasteiger partial charge is 0.254 e. The first-order valence-corrected chi connectivity index (χ1v) is 8.85. The van der Waals surface area contributed by atoms with Gasteiger partial charge in [0, 0.05) is 29.8 Å². The zero-order valence-corrected chi connectivity index (χ0v) is 14.1. The molecule has 1 aromatic carbocycles. The average Bonchev–Trinajstić information content (AvgIpc) is 2.73. The highest BCUT2D eigenvalue weighted by Gasteiger charge is 2.31. The molecular weight excluding hydrogens is 288 g/mol. The Morgan fingerprint density at radius 1 is 1.26 bits per heavy atom. The Bertz CT molecular complexity index is 611. The van der Waals surface area contributed by atoms with Crippen LogP contribution in [0.5, 0.6) is 0 Å². The largest absolute Gasteiger partial charge is 0.333 e. The summed E-state index contributed by atoms with van der Waals surface area (Å²) in [4.78, 5) is 26.8. The van der Waals surface area contributed by atoms with E-state index in [1.807, 2.05) is 18.2 Å². The van der Waals surface area contributed by atoms with Crippen LogP contribution in [-0.4, -0.2) is 28.8 Å². The molecule has 3 rings (SSSR count). The number of nitrogens with one attached hydrogen (secondary N) is 1. The van der Waals surface area contributed by atoms with Crippen LogP contribution >= 0.6 is 0 Å². The number of rotatable bonds is 2. The molecule has 2 amide bonds. The molecule has 0 unspecified atom stereocenters. The zero-order valence-electron chi connectivity index (χ0n) is 14.1. The second kappa shape index (κ2) is 6.73. The van der Waals surface area contributed by atoms with E-state index in [4.69, 9.17) is 0 Å². The van der Waals surface area contributed by atoms with Gasteiger partial charge in [-0.05, 0) is 69.2 Å². The zero-order chi connectivity index (χ0) is 16.4. The minimum Gasteiger partial charge on any atom is -0.333 e. The number of benzene rings is 1. The van der Waals surface area contributed by atoms with Gasteiger partial charge >= 0.3 is 0 Å². The van der Waals surface area contributed by atoms with Crippen LogP contribution in [-0.2, 0) is 11.2 Å². The Morgan fingerprint density at radius 3 is 2.87 bits per heavy atom. The summed E-state index contributed by atoms with van der Waals surface area (Å²) in [7, 11) is 0. The lowest BCUT2D eigenvalue weighted by Crippen LogP contribution is -2.48. The number of hydrogen-bond acceptors (Lipinski definition) is 2. The van der Waals surface area contributed by atoms with E-state index in [2.05, 4.69) is 24.1 Å². The van der Waals surface area contributed by atoms with Crippen LogP contribution in [0, 0.1) is 0 Å². The normalized spacial score (nSPS) is 24.6. The average molecular weight is 314 g/mol. The Hall–Kier alpha value is -1.84. The van der Waals surface area contributed by atoms with Crippen LogP contribution < -0.4 is 5.32 Å². The van der Waals surface area contributed by atoms with Gasteiger partial charge in [-0.3, -0.25) is 9.59 Å². The lowest BCUT2D eigenvalue weighted by atomic mass is 9.93. The number of amides is 2. The minimum atomic E-state index is 0.0681. The Labute approximate surface area is 138 Å². The summed E-state index contributed by atoms with van der Waals surface area (Å²) < 4.78 is 0. The third kappa shape index (κ3) is 3.26. The van der Waals surface area contributed by atoms with E-state index in [-0.39, 0.29) is 11.8 Å². The summed E-state index contributed by atoms with van der Waals surface area (Å²) in [6.45, 7) is 4.32. The fourth-order valence-corrected chi connectivity index (χ4v) is 3.91. The van der Waals surface area contributed by atoms with Crippen molar-refractivity contribution in [3.05, 3.63) is 29.3 Å². The van der Waals surface area contributed by atoms with Crippen LogP contribution in [0.4, 0.5) is 5.69 Å². The molecule has 0 bridgehead atoms. The van der Waals surface area contributed by atoms with Gasteiger partial charge in [0.25, 0.3) is 5.91 Å². The first kappa shape index (κ1) is 16.0. The van der Waals surface area contributed by atoms with Gasteiger partial charge < -0.3 is 10.2 Å². The van der Waals surface area contributed by atoms with Gasteiger partial charge in [0.1, 0.15) is 0 Å². The molecule has 2 aliphatic rings. The number of fused-ring (bicyclic) bond motifs is 1. The molecule has 0 aliphatic carbocycles. The van der Waals surface area contributed by atoms with Gasteiger partial charge in [-0.15, -0.1) is 0 Å². The Morgan fingerprint density at radius 2 is 2.09 bits per heavy atom. The SMILES string of the molecule is CC[C@@H]1CCC[C@H](C)N1C(=O)c1ccc2c(c1)CCCC(=O)N2. The lowest BCUT2D eigenvalue weighted by molar-refractivity contribution is -0.116. The van der Waals surface area contributed by atoms with E-state index in [0.29, 0.717) is 18.5 Å². The van der Waals surface area contributed by atoms with Gasteiger partial charge in [-0.2, -0.15) is 0 Å². The van der Waals surface area contributed by atoms with Gasteiger partial charge in [0.05, 0.1) is 0 Å². The Balaban J connectivity index is 1.87. The molecule has 0 radical (unpaired) electrons. The molecule has 124 valence electrons. The van der Waals surface area contributed by atoms with Crippen LogP contribution in [0.3, 0.4) is 0 Å². The number of carbonyl (C=O) groups excluding carboxylic acids is 2. The molecule has 0 saturated carbocycles. The standard InChI is InChI=1S/C19H26N2O2/c1-3-16-8-4-6-13(2)21(16)19(23)15-10-11-17-14(12-15)7-5-9-18(22)20-17/h10-13,16H,3-9H2,1-2H3,(H,20,22)/t13-,16+/m0/s1. The summed E-state index contributed by atoms with van der Waals surface area (Å²) in [5.74, 6) is 0.209. The summed E-state index contributed by atoms with van der Waals surface area (Å²) in [5, 5.41) is 2.93. The first-order chi connectivity index (χ1) is 11.1. The van der Waals surface area contributed by atoms with Crippen LogP contribution in [0.2, 0.25) is 0 Å². The molecular formula is C19H26N2O2. The van der Waals surface area contributed by atoms with E-state index < -0.39 is 0 Å². The third-order valence-corrected chi connectivity index (χ3v) is 5.21. The van der Waals surface area contributed by atoms with Crippen LogP contribution in [0.15, 0.2) is 18.2 Å². The first-order valence-electron chi connectivity index (χ1n) is 8.85. The van der Waals surface area contributed by atoms with Gasteiger partial charge in [0.15, 0.2) is 0 Å². The maximum atomic E-state index is 13.1. The van der Waals surface area contributed by atoms with Crippen molar-refractivity contribution in [3.63, 3.8) is 0 Å². The predicted octanol–water partition coefficient (Wildman–Crippen LogP) is 3.75. The topological polar surface area (TPSA) is 49.4 Å². The highest BCUT2D eigenvalue weighted by Crippen LogP contribution is 2.29. The monoisotopic (exact) mass is 314 g/mol. The lowest BCUT2D eigenvalue weighted by Gasteiger charge is -2.40. The van der Waals surface area contributed by atoms with E-state index in [0.717, 1.165) is 48.9 Å². The quantitative estimate of drug-likeness (QED) is 0.903. The summed E-state index contributed by atoms with van der Waals surface area (Å²) in [6, 6.07) is 6.39. The van der Waals surface area contributed by atoms with Crippen molar-refractivity contribution < 1.29 is 9.59 Å². The van der Waals surface area contributed by atoms with E-state index in [1.54, 1.807) is 0 Å². The van der Waals surface area contributed by atoms with Crippen LogP contribution in [0.1, 0.15) is 68.3 Å². The van der Waals surface area contributed by atoms with E-state index in [1.165, 1.54) is 6.42 Å². The second-order valence-corrected chi connectivity index (χ2v) is 6.83. The van der Waals surface area contributed by atoms with Gasteiger partial charge in [-0.1, -0.05) is 6.92 Å². The molecule has 0 spiro atoms. The minimum absolute atomic E-state index is 0.0681. The van der Waals surface area contributed by atoms with Crippen molar-refractivity contribution in [2.75, 3.05) is 5.32 Å². The van der Waals surface area contributed by atoms with Crippen molar-refractivity contribution in [2.24, 2.45) is 0 Å². The summed E-state index contributed by atoms with van der Waals surface area (Å²) in [5.41, 5.74) is 2.70. The van der Waals surface area contributed by atoms with E-state index >= 15 is 0 Å². The maximum Gasteiger partial charge on any atom is 0.254 e. The molecule has 4 heteroatoms. The van der Waals surface area contributed by atoms with Crippen molar-refractivity contribution in [2.45, 2.75) is 70.9 Å². The molecule has 2 aliphatic heterocycles. The van der Waals surface area contributed by atoms with Crippen molar-refractivity contribution >= 4 is 17.5 Å². The highest BCUT2D eigenvalue weighted by molar-refractivity contribution is 5.97. The fourth-order valence-electron chi connectivity index (χ4n) is 3.91. The molecule has 23 heavy (non-hydrogen) atoms. The second-order valence-electron chi connectivity index (χ2n) is 6.83. The number of anilines is 1. The molecule has 1 aromatic rings. The fraction of sp³-hybridized carbons (Fsp3) is 0.579. The summed E-state index contributed by atoms with van der Waals surface area (Å²) >= 11 is 0. The predicted molar refractivity (Wildman–Crippen MR) is 91.6 cm³/mol. The summed E-state index contributed by atoms with van der Waals surface area (Å²) in [6.07, 6.45) is 6.66. The molecule has 1 N–H and O–H groups in total. The molecule has 2 heterocycles. The molecule has 1 fully saturated rings. The molecule has 0 aromatic heterocycles. The molecule has 1 saturated heterocycles. The van der Waals surface area contributed by atoms with Crippen molar-refractivity contribution in [3.8, 4) is 0 Å². The van der Waals surface area contributed by atoms with Gasteiger partial charge in [-0.25, -0.2) is 0 Å².